The van der Waals surface area contributed by atoms with Crippen molar-refractivity contribution in [1.29, 1.82) is 0 Å². The van der Waals surface area contributed by atoms with Crippen molar-refractivity contribution in [3.05, 3.63) is 46.0 Å². The lowest BCUT2D eigenvalue weighted by molar-refractivity contribution is 1.12. The first-order valence-corrected chi connectivity index (χ1v) is 5.79. The summed E-state index contributed by atoms with van der Waals surface area (Å²) in [7, 11) is 0. The molecule has 0 unspecified atom stereocenters. The van der Waals surface area contributed by atoms with E-state index in [0.717, 1.165) is 11.0 Å². The molecule has 0 aliphatic carbocycles. The van der Waals surface area contributed by atoms with Gasteiger partial charge in [-0.2, -0.15) is 0 Å². The summed E-state index contributed by atoms with van der Waals surface area (Å²) in [4.78, 5) is 0. The van der Waals surface area contributed by atoms with Gasteiger partial charge in [0.15, 0.2) is 0 Å². The van der Waals surface area contributed by atoms with Crippen LogP contribution in [-0.2, 0) is 0 Å². The van der Waals surface area contributed by atoms with Crippen molar-refractivity contribution >= 4 is 44.4 Å². The summed E-state index contributed by atoms with van der Waals surface area (Å²) in [5, 5.41) is 2.44. The minimum absolute atomic E-state index is 1.08. The Morgan fingerprint density at radius 3 is 2.53 bits per heavy atom. The van der Waals surface area contributed by atoms with E-state index in [1.165, 1.54) is 14.3 Å². The average Bonchev–Trinajstić information content (AvgIpc) is 2.55. The molecule has 0 bridgehead atoms. The molecule has 2 nitrogen and oxygen atoms in total. The number of nitrogens with two attached hydrogens (primary N) is 1. The molecule has 0 saturated carbocycles. The highest BCUT2D eigenvalue weighted by Gasteiger charge is 2.09. The van der Waals surface area contributed by atoms with Crippen LogP contribution in [0.1, 0.15) is 0 Å². The average molecular weight is 308 g/mol. The zero-order valence-corrected chi connectivity index (χ0v) is 10.1. The van der Waals surface area contributed by atoms with E-state index in [4.69, 9.17) is 5.84 Å². The maximum Gasteiger partial charge on any atom is 0.0836 e. The molecule has 0 atom stereocenters. The van der Waals surface area contributed by atoms with Crippen LogP contribution in [0.4, 0.5) is 0 Å². The second-order valence-corrected chi connectivity index (χ2v) is 4.69. The third kappa shape index (κ3) is 1.16. The van der Waals surface area contributed by atoms with Crippen molar-refractivity contribution in [3.8, 4) is 0 Å². The van der Waals surface area contributed by atoms with Gasteiger partial charge in [0.05, 0.1) is 11.0 Å². The fourth-order valence-corrected chi connectivity index (χ4v) is 2.77. The van der Waals surface area contributed by atoms with Gasteiger partial charge < -0.3 is 5.84 Å². The van der Waals surface area contributed by atoms with Gasteiger partial charge in [-0.15, -0.1) is 0 Å². The van der Waals surface area contributed by atoms with Gasteiger partial charge in [0.25, 0.3) is 0 Å². The molecule has 3 heteroatoms. The number of fused-ring (bicyclic) bond motifs is 3. The van der Waals surface area contributed by atoms with Gasteiger partial charge in [-0.05, 0) is 34.7 Å². The van der Waals surface area contributed by atoms with E-state index < -0.39 is 0 Å². The Morgan fingerprint density at radius 1 is 0.933 bits per heavy atom. The van der Waals surface area contributed by atoms with Gasteiger partial charge in [-0.25, -0.2) is 0 Å². The number of hydrogen-bond donors (Lipinski definition) is 1. The Hall–Kier alpha value is -1.23. The van der Waals surface area contributed by atoms with Gasteiger partial charge >= 0.3 is 0 Å². The first kappa shape index (κ1) is 9.03. The molecule has 0 aliphatic rings. The number of aromatic nitrogens is 1. The number of para-hydroxylation sites is 2. The summed E-state index contributed by atoms with van der Waals surface area (Å²) in [5.74, 6) is 6.09. The number of rotatable bonds is 0. The van der Waals surface area contributed by atoms with E-state index in [9.17, 15) is 0 Å². The second kappa shape index (κ2) is 3.13. The summed E-state index contributed by atoms with van der Waals surface area (Å²) >= 11 is 2.32. The lowest BCUT2D eigenvalue weighted by atomic mass is 10.2. The van der Waals surface area contributed by atoms with Crippen molar-refractivity contribution in [2.45, 2.75) is 0 Å². The predicted molar refractivity (Wildman–Crippen MR) is 72.3 cm³/mol. The van der Waals surface area contributed by atoms with Gasteiger partial charge in [0, 0.05) is 14.3 Å². The highest BCUT2D eigenvalue weighted by molar-refractivity contribution is 14.1. The third-order valence-corrected chi connectivity index (χ3v) is 3.55. The van der Waals surface area contributed by atoms with E-state index in [1.807, 2.05) is 18.2 Å². The molecule has 0 amide bonds. The zero-order valence-electron chi connectivity index (χ0n) is 7.94. The lowest BCUT2D eigenvalue weighted by Crippen LogP contribution is -2.07. The zero-order chi connectivity index (χ0) is 10.4. The van der Waals surface area contributed by atoms with E-state index in [0.29, 0.717) is 0 Å². The van der Waals surface area contributed by atoms with Crippen LogP contribution in [0.5, 0.6) is 0 Å². The Bertz CT molecular complexity index is 655. The number of hydrogen-bond acceptors (Lipinski definition) is 1. The molecule has 0 saturated heterocycles. The first-order valence-electron chi connectivity index (χ1n) is 4.72. The van der Waals surface area contributed by atoms with Gasteiger partial charge in [0.1, 0.15) is 0 Å². The molecule has 3 aromatic rings. The Balaban J connectivity index is 2.69. The largest absolute Gasteiger partial charge is 0.339 e. The molecule has 74 valence electrons. The van der Waals surface area contributed by atoms with Gasteiger partial charge in [-0.1, -0.05) is 30.3 Å². The molecule has 15 heavy (non-hydrogen) atoms. The smallest absolute Gasteiger partial charge is 0.0836 e. The topological polar surface area (TPSA) is 30.9 Å². The predicted octanol–water partition coefficient (Wildman–Crippen LogP) is 3.11. The lowest BCUT2D eigenvalue weighted by Gasteiger charge is -1.99. The second-order valence-electron chi connectivity index (χ2n) is 3.52. The molecule has 3 rings (SSSR count). The number of nitrogens with zero attached hydrogens (tertiary/aromatic N) is 1. The van der Waals surface area contributed by atoms with E-state index >= 15 is 0 Å². The fraction of sp³-hybridized carbons (Fsp3) is 0. The third-order valence-electron chi connectivity index (χ3n) is 2.68. The van der Waals surface area contributed by atoms with Crippen molar-refractivity contribution in [2.75, 3.05) is 5.84 Å². The molecule has 1 heterocycles. The van der Waals surface area contributed by atoms with Crippen molar-refractivity contribution in [2.24, 2.45) is 0 Å². The molecule has 0 spiro atoms. The van der Waals surface area contributed by atoms with Crippen LogP contribution in [0.2, 0.25) is 0 Å². The number of benzene rings is 2. The van der Waals surface area contributed by atoms with Crippen LogP contribution in [0.15, 0.2) is 42.5 Å². The normalized spacial score (nSPS) is 11.3. The quantitative estimate of drug-likeness (QED) is 0.502. The highest BCUT2D eigenvalue weighted by Crippen LogP contribution is 2.29. The van der Waals surface area contributed by atoms with E-state index in [2.05, 4.69) is 46.9 Å². The summed E-state index contributed by atoms with van der Waals surface area (Å²) in [5.41, 5.74) is 2.19. The van der Waals surface area contributed by atoms with Crippen molar-refractivity contribution in [1.82, 2.24) is 4.68 Å². The minimum Gasteiger partial charge on any atom is -0.339 e. The molecular weight excluding hydrogens is 299 g/mol. The molecular formula is C12H9IN2. The molecule has 1 aromatic heterocycles. The molecule has 0 aliphatic heterocycles. The number of nitrogen functional groups attached to an aromatic ring is 1. The summed E-state index contributed by atoms with van der Waals surface area (Å²) in [6, 6.07) is 14.5. The van der Waals surface area contributed by atoms with Crippen LogP contribution in [0.3, 0.4) is 0 Å². The van der Waals surface area contributed by atoms with E-state index in [-0.39, 0.29) is 0 Å². The van der Waals surface area contributed by atoms with Crippen LogP contribution >= 0.6 is 22.6 Å². The Morgan fingerprint density at radius 2 is 1.67 bits per heavy atom. The monoisotopic (exact) mass is 308 g/mol. The van der Waals surface area contributed by atoms with Crippen molar-refractivity contribution < 1.29 is 0 Å². The standard InChI is InChI=1S/C12H9IN2/c13-10-6-3-5-9-8-4-1-2-7-11(8)15(14)12(9)10/h1-7H,14H2. The van der Waals surface area contributed by atoms with Crippen LogP contribution in [-0.4, -0.2) is 4.68 Å². The SMILES string of the molecule is Nn1c2ccccc2c2cccc(I)c21. The maximum absolute atomic E-state index is 6.09. The van der Waals surface area contributed by atoms with Gasteiger partial charge in [-0.3, -0.25) is 4.68 Å². The maximum atomic E-state index is 6.09. The van der Waals surface area contributed by atoms with Crippen LogP contribution in [0.25, 0.3) is 21.8 Å². The summed E-state index contributed by atoms with van der Waals surface area (Å²) in [6.45, 7) is 0. The fourth-order valence-electron chi connectivity index (χ4n) is 2.01. The van der Waals surface area contributed by atoms with E-state index in [1.54, 1.807) is 4.68 Å². The summed E-state index contributed by atoms with van der Waals surface area (Å²) in [6.07, 6.45) is 0. The Kier molecular flexibility index (Phi) is 1.88. The number of halogens is 1. The summed E-state index contributed by atoms with van der Waals surface area (Å²) < 4.78 is 2.95. The minimum atomic E-state index is 1.08. The molecule has 0 fully saturated rings. The van der Waals surface area contributed by atoms with Gasteiger partial charge in [0.2, 0.25) is 0 Å². The van der Waals surface area contributed by atoms with Crippen LogP contribution < -0.4 is 5.84 Å². The Labute approximate surface area is 101 Å². The van der Waals surface area contributed by atoms with Crippen molar-refractivity contribution in [3.63, 3.8) is 0 Å². The highest BCUT2D eigenvalue weighted by atomic mass is 127. The van der Waals surface area contributed by atoms with Crippen LogP contribution in [0, 0.1) is 3.57 Å². The molecule has 2 aromatic carbocycles. The molecule has 0 radical (unpaired) electrons. The first-order chi connectivity index (χ1) is 7.29. The molecule has 2 N–H and O–H groups in total.